The van der Waals surface area contributed by atoms with Gasteiger partial charge in [-0.05, 0) is 24.7 Å². The van der Waals surface area contributed by atoms with Crippen LogP contribution in [-0.2, 0) is 6.54 Å². The molecule has 2 aliphatic rings. The number of nitrogens with zero attached hydrogens (tertiary/aromatic N) is 3. The Balaban J connectivity index is 1.52. The Bertz CT molecular complexity index is 331. The predicted octanol–water partition coefficient (Wildman–Crippen LogP) is 0.254. The molecule has 5 heteroatoms. The summed E-state index contributed by atoms with van der Waals surface area (Å²) >= 11 is 0. The third-order valence-corrected chi connectivity index (χ3v) is 3.27. The van der Waals surface area contributed by atoms with Crippen molar-refractivity contribution in [1.29, 1.82) is 0 Å². The van der Waals surface area contributed by atoms with Crippen molar-refractivity contribution in [3.63, 3.8) is 0 Å². The van der Waals surface area contributed by atoms with E-state index in [1.807, 2.05) is 0 Å². The lowest BCUT2D eigenvalue weighted by Crippen LogP contribution is -2.47. The van der Waals surface area contributed by atoms with E-state index in [1.165, 1.54) is 12.8 Å². The Morgan fingerprint density at radius 1 is 1.57 bits per heavy atom. The molecule has 14 heavy (non-hydrogen) atoms. The number of H-pyrrole nitrogens is 1. The summed E-state index contributed by atoms with van der Waals surface area (Å²) in [4.78, 5) is 0. The quantitative estimate of drug-likeness (QED) is 0.672. The van der Waals surface area contributed by atoms with E-state index in [0.717, 1.165) is 24.2 Å². The lowest BCUT2D eigenvalue weighted by Gasteiger charge is -2.40. The fraction of sp³-hybridized carbons (Fsp3) is 0.667. The fourth-order valence-electron chi connectivity index (χ4n) is 2.43. The van der Waals surface area contributed by atoms with E-state index in [2.05, 4.69) is 38.1 Å². The number of rotatable bonds is 3. The lowest BCUT2D eigenvalue weighted by atomic mass is 9.71. The topological polar surface area (TPSA) is 66.5 Å². The van der Waals surface area contributed by atoms with Gasteiger partial charge in [-0.15, -0.1) is 10.2 Å². The predicted molar refractivity (Wildman–Crippen MR) is 50.2 cm³/mol. The number of tetrazole rings is 1. The largest absolute Gasteiger partial charge is 0.306 e. The van der Waals surface area contributed by atoms with E-state index in [-0.39, 0.29) is 0 Å². The lowest BCUT2D eigenvalue weighted by molar-refractivity contribution is 0.161. The molecule has 2 N–H and O–H groups in total. The van der Waals surface area contributed by atoms with E-state index in [9.17, 15) is 0 Å². The van der Waals surface area contributed by atoms with Gasteiger partial charge < -0.3 is 5.32 Å². The first kappa shape index (κ1) is 8.11. The first-order valence-electron chi connectivity index (χ1n) is 5.06. The maximum absolute atomic E-state index is 3.90. The molecule has 0 radical (unpaired) electrons. The van der Waals surface area contributed by atoms with Crippen molar-refractivity contribution >= 4 is 0 Å². The molecular weight excluding hydrogens is 178 g/mol. The molecule has 3 unspecified atom stereocenters. The summed E-state index contributed by atoms with van der Waals surface area (Å²) in [6, 6.07) is 0.622. The second kappa shape index (κ2) is 3.16. The van der Waals surface area contributed by atoms with E-state index >= 15 is 0 Å². The molecule has 1 aromatic rings. The zero-order valence-electron chi connectivity index (χ0n) is 7.85. The zero-order valence-corrected chi connectivity index (χ0v) is 7.85. The van der Waals surface area contributed by atoms with Gasteiger partial charge in [-0.2, -0.15) is 5.21 Å². The Labute approximate surface area is 82.0 Å². The van der Waals surface area contributed by atoms with Gasteiger partial charge in [0, 0.05) is 6.04 Å². The fourth-order valence-corrected chi connectivity index (χ4v) is 2.43. The summed E-state index contributed by atoms with van der Waals surface area (Å²) in [6.45, 7) is 0.720. The molecule has 0 spiro atoms. The Kier molecular flexibility index (Phi) is 1.83. The van der Waals surface area contributed by atoms with Crippen LogP contribution in [0, 0.1) is 11.8 Å². The van der Waals surface area contributed by atoms with Crippen LogP contribution in [0.25, 0.3) is 0 Å². The highest BCUT2D eigenvalue weighted by Gasteiger charge is 2.40. The first-order chi connectivity index (χ1) is 6.93. The summed E-state index contributed by atoms with van der Waals surface area (Å²) in [5.41, 5.74) is 0. The Morgan fingerprint density at radius 3 is 3.36 bits per heavy atom. The maximum Gasteiger partial charge on any atom is 0.188 e. The average Bonchev–Trinajstić information content (AvgIpc) is 2.76. The third kappa shape index (κ3) is 1.24. The molecule has 1 saturated carbocycles. The van der Waals surface area contributed by atoms with Crippen LogP contribution in [0.3, 0.4) is 0 Å². The van der Waals surface area contributed by atoms with E-state index in [1.54, 1.807) is 0 Å². The highest BCUT2D eigenvalue weighted by atomic mass is 15.5. The SMILES string of the molecule is C1=CC2C(C1)CC2NCc1nn[nH]n1. The number of nitrogens with one attached hydrogen (secondary N) is 2. The molecule has 2 aliphatic carbocycles. The maximum atomic E-state index is 3.90. The molecule has 5 nitrogen and oxygen atoms in total. The molecule has 0 bridgehead atoms. The van der Waals surface area contributed by atoms with Gasteiger partial charge in [0.05, 0.1) is 6.54 Å². The van der Waals surface area contributed by atoms with Crippen LogP contribution in [0.5, 0.6) is 0 Å². The highest BCUT2D eigenvalue weighted by Crippen LogP contribution is 2.42. The van der Waals surface area contributed by atoms with E-state index < -0.39 is 0 Å². The van der Waals surface area contributed by atoms with Crippen molar-refractivity contribution in [2.45, 2.75) is 25.4 Å². The van der Waals surface area contributed by atoms with Gasteiger partial charge in [0.2, 0.25) is 0 Å². The summed E-state index contributed by atoms with van der Waals surface area (Å²) in [5.74, 6) is 2.40. The van der Waals surface area contributed by atoms with E-state index in [0.29, 0.717) is 6.04 Å². The molecule has 0 saturated heterocycles. The second-order valence-electron chi connectivity index (χ2n) is 4.05. The van der Waals surface area contributed by atoms with Gasteiger partial charge in [0.25, 0.3) is 0 Å². The van der Waals surface area contributed by atoms with Gasteiger partial charge in [0.1, 0.15) is 0 Å². The number of allylic oxidation sites excluding steroid dienone is 1. The standard InChI is InChI=1S/C9H13N5/c1-2-6-4-8(7(6)3-1)10-5-9-11-13-14-12-9/h1,3,6-8,10H,2,4-5H2,(H,11,12,13,14). The van der Waals surface area contributed by atoms with Crippen LogP contribution in [-0.4, -0.2) is 26.7 Å². The normalized spacial score (nSPS) is 34.1. The summed E-state index contributed by atoms with van der Waals surface area (Å²) in [7, 11) is 0. The van der Waals surface area contributed by atoms with Crippen molar-refractivity contribution in [3.05, 3.63) is 18.0 Å². The molecule has 1 heterocycles. The molecule has 3 rings (SSSR count). The molecule has 3 atom stereocenters. The van der Waals surface area contributed by atoms with E-state index in [4.69, 9.17) is 0 Å². The number of hydrogen-bond acceptors (Lipinski definition) is 4. The molecule has 0 aromatic carbocycles. The Hall–Kier alpha value is -1.23. The molecular formula is C9H13N5. The van der Waals surface area contributed by atoms with Gasteiger partial charge >= 0.3 is 0 Å². The minimum Gasteiger partial charge on any atom is -0.306 e. The number of fused-ring (bicyclic) bond motifs is 1. The monoisotopic (exact) mass is 191 g/mol. The molecule has 1 aromatic heterocycles. The molecule has 1 fully saturated rings. The van der Waals surface area contributed by atoms with Gasteiger partial charge in [0.15, 0.2) is 5.82 Å². The molecule has 74 valence electrons. The summed E-state index contributed by atoms with van der Waals surface area (Å²) in [5, 5.41) is 17.2. The van der Waals surface area contributed by atoms with Crippen LogP contribution >= 0.6 is 0 Å². The smallest absolute Gasteiger partial charge is 0.188 e. The number of hydrogen-bond donors (Lipinski definition) is 2. The second-order valence-corrected chi connectivity index (χ2v) is 4.05. The number of aromatic nitrogens is 4. The first-order valence-corrected chi connectivity index (χ1v) is 5.06. The van der Waals surface area contributed by atoms with Crippen LogP contribution in [0.15, 0.2) is 12.2 Å². The minimum absolute atomic E-state index is 0.622. The molecule has 0 aliphatic heterocycles. The zero-order chi connectivity index (χ0) is 9.38. The van der Waals surface area contributed by atoms with Crippen molar-refractivity contribution in [2.75, 3.05) is 0 Å². The van der Waals surface area contributed by atoms with Crippen LogP contribution in [0.2, 0.25) is 0 Å². The van der Waals surface area contributed by atoms with Crippen molar-refractivity contribution < 1.29 is 0 Å². The Morgan fingerprint density at radius 2 is 2.57 bits per heavy atom. The van der Waals surface area contributed by atoms with Crippen molar-refractivity contribution in [3.8, 4) is 0 Å². The van der Waals surface area contributed by atoms with Crippen molar-refractivity contribution in [2.24, 2.45) is 11.8 Å². The van der Waals surface area contributed by atoms with Gasteiger partial charge in [-0.25, -0.2) is 0 Å². The summed E-state index contributed by atoms with van der Waals surface area (Å²) in [6.07, 6.45) is 7.19. The van der Waals surface area contributed by atoms with Gasteiger partial charge in [-0.1, -0.05) is 17.4 Å². The summed E-state index contributed by atoms with van der Waals surface area (Å²) < 4.78 is 0. The van der Waals surface area contributed by atoms with Crippen molar-refractivity contribution in [1.82, 2.24) is 25.9 Å². The highest BCUT2D eigenvalue weighted by molar-refractivity contribution is 5.12. The minimum atomic E-state index is 0.622. The van der Waals surface area contributed by atoms with Crippen LogP contribution in [0.1, 0.15) is 18.7 Å². The van der Waals surface area contributed by atoms with Gasteiger partial charge in [-0.3, -0.25) is 0 Å². The van der Waals surface area contributed by atoms with Crippen LogP contribution in [0.4, 0.5) is 0 Å². The third-order valence-electron chi connectivity index (χ3n) is 3.27. The van der Waals surface area contributed by atoms with Crippen LogP contribution < -0.4 is 5.32 Å². The number of aromatic amines is 1. The average molecular weight is 191 g/mol. The molecule has 0 amide bonds.